The second kappa shape index (κ2) is 8.62. The fourth-order valence-electron chi connectivity index (χ4n) is 4.91. The van der Waals surface area contributed by atoms with Gasteiger partial charge in [-0.25, -0.2) is 4.98 Å². The zero-order valence-electron chi connectivity index (χ0n) is 17.6. The third-order valence-electron chi connectivity index (χ3n) is 6.62. The van der Waals surface area contributed by atoms with Crippen LogP contribution in [0.4, 0.5) is 5.95 Å². The van der Waals surface area contributed by atoms with E-state index in [0.29, 0.717) is 18.3 Å². The van der Waals surface area contributed by atoms with Crippen molar-refractivity contribution in [1.29, 1.82) is 0 Å². The van der Waals surface area contributed by atoms with E-state index in [2.05, 4.69) is 4.90 Å². The van der Waals surface area contributed by atoms with Gasteiger partial charge in [0, 0.05) is 32.0 Å². The summed E-state index contributed by atoms with van der Waals surface area (Å²) in [6.45, 7) is 3.28. The molecule has 0 spiro atoms. The molecule has 0 unspecified atom stereocenters. The summed E-state index contributed by atoms with van der Waals surface area (Å²) in [5.74, 6) is 2.63. The molecule has 1 aliphatic carbocycles. The molecule has 1 saturated carbocycles. The van der Waals surface area contributed by atoms with Crippen LogP contribution in [0.25, 0.3) is 0 Å². The van der Waals surface area contributed by atoms with Crippen LogP contribution in [0.5, 0.6) is 11.6 Å². The minimum absolute atomic E-state index is 0.193. The molecule has 0 radical (unpaired) electrons. The van der Waals surface area contributed by atoms with E-state index >= 15 is 0 Å². The van der Waals surface area contributed by atoms with Gasteiger partial charge in [-0.15, -0.1) is 0 Å². The van der Waals surface area contributed by atoms with E-state index in [1.807, 2.05) is 35.2 Å². The maximum absolute atomic E-state index is 13.0. The van der Waals surface area contributed by atoms with Gasteiger partial charge >= 0.3 is 0 Å². The van der Waals surface area contributed by atoms with E-state index < -0.39 is 0 Å². The van der Waals surface area contributed by atoms with Crippen molar-refractivity contribution in [2.75, 3.05) is 24.5 Å². The fourth-order valence-corrected chi connectivity index (χ4v) is 4.91. The number of para-hydroxylation sites is 1. The van der Waals surface area contributed by atoms with Gasteiger partial charge in [-0.3, -0.25) is 4.79 Å². The lowest BCUT2D eigenvalue weighted by atomic mass is 10.0. The molecular weight excluding hydrogens is 376 g/mol. The number of carbonyl (C=O) groups excluding carboxylic acids is 1. The SMILES string of the molecule is O=C(C1CCCC1)N1CCc2nc(N3CCCCC3)nc(Oc3ccccc3)c2C1. The normalized spacial score (nSPS) is 19.6. The number of nitrogens with zero attached hydrogens (tertiary/aromatic N) is 4. The van der Waals surface area contributed by atoms with Gasteiger partial charge in [-0.05, 0) is 44.2 Å². The Morgan fingerprint density at radius 3 is 2.47 bits per heavy atom. The molecule has 1 aromatic carbocycles. The van der Waals surface area contributed by atoms with Crippen LogP contribution in [0.2, 0.25) is 0 Å². The highest BCUT2D eigenvalue weighted by Gasteiger charge is 2.32. The number of aromatic nitrogens is 2. The molecule has 6 nitrogen and oxygen atoms in total. The van der Waals surface area contributed by atoms with Crippen molar-refractivity contribution in [1.82, 2.24) is 14.9 Å². The first-order valence-corrected chi connectivity index (χ1v) is 11.4. The summed E-state index contributed by atoms with van der Waals surface area (Å²) in [6, 6.07) is 9.79. The monoisotopic (exact) mass is 406 g/mol. The Morgan fingerprint density at radius 1 is 0.933 bits per heavy atom. The topological polar surface area (TPSA) is 58.6 Å². The molecule has 0 atom stereocenters. The third kappa shape index (κ3) is 4.00. The molecule has 1 amide bonds. The molecule has 2 fully saturated rings. The second-order valence-corrected chi connectivity index (χ2v) is 8.71. The van der Waals surface area contributed by atoms with Crippen molar-refractivity contribution < 1.29 is 9.53 Å². The van der Waals surface area contributed by atoms with E-state index in [0.717, 1.165) is 61.9 Å². The van der Waals surface area contributed by atoms with Crippen molar-refractivity contribution in [3.05, 3.63) is 41.6 Å². The summed E-state index contributed by atoms with van der Waals surface area (Å²) in [6.07, 6.45) is 8.80. The standard InChI is InChI=1S/C24H30N4O2/c29-23(18-9-5-6-10-18)28-16-13-21-20(17-28)22(30-19-11-3-1-4-12-19)26-24(25-21)27-14-7-2-8-15-27/h1,3-4,11-12,18H,2,5-10,13-17H2. The summed E-state index contributed by atoms with van der Waals surface area (Å²) in [7, 11) is 0. The highest BCUT2D eigenvalue weighted by Crippen LogP contribution is 2.34. The molecule has 2 aliphatic heterocycles. The summed E-state index contributed by atoms with van der Waals surface area (Å²) in [4.78, 5) is 27.1. The number of ether oxygens (including phenoxy) is 1. The van der Waals surface area contributed by atoms with Gasteiger partial charge < -0.3 is 14.5 Å². The van der Waals surface area contributed by atoms with Crippen LogP contribution in [0.15, 0.2) is 30.3 Å². The van der Waals surface area contributed by atoms with Crippen LogP contribution in [-0.4, -0.2) is 40.4 Å². The third-order valence-corrected chi connectivity index (χ3v) is 6.62. The average molecular weight is 407 g/mol. The number of anilines is 1. The molecule has 3 heterocycles. The van der Waals surface area contributed by atoms with Crippen LogP contribution in [0, 0.1) is 5.92 Å². The predicted molar refractivity (Wildman–Crippen MR) is 116 cm³/mol. The lowest BCUT2D eigenvalue weighted by molar-refractivity contribution is -0.136. The van der Waals surface area contributed by atoms with Crippen molar-refractivity contribution in [3.63, 3.8) is 0 Å². The summed E-state index contributed by atoms with van der Waals surface area (Å²) < 4.78 is 6.25. The van der Waals surface area contributed by atoms with E-state index in [-0.39, 0.29) is 5.92 Å². The van der Waals surface area contributed by atoms with Crippen molar-refractivity contribution in [2.45, 2.75) is 57.9 Å². The fraction of sp³-hybridized carbons (Fsp3) is 0.542. The number of hydrogen-bond donors (Lipinski definition) is 0. The molecule has 3 aliphatic rings. The largest absolute Gasteiger partial charge is 0.438 e. The lowest BCUT2D eigenvalue weighted by Gasteiger charge is -2.33. The molecule has 2 aromatic rings. The van der Waals surface area contributed by atoms with Crippen LogP contribution < -0.4 is 9.64 Å². The molecule has 1 aromatic heterocycles. The van der Waals surface area contributed by atoms with Crippen molar-refractivity contribution in [3.8, 4) is 11.6 Å². The number of piperidine rings is 1. The summed E-state index contributed by atoms with van der Waals surface area (Å²) >= 11 is 0. The first kappa shape index (κ1) is 19.3. The minimum Gasteiger partial charge on any atom is -0.438 e. The number of benzene rings is 1. The van der Waals surface area contributed by atoms with E-state index in [4.69, 9.17) is 14.7 Å². The molecular formula is C24H30N4O2. The maximum atomic E-state index is 13.0. The zero-order valence-corrected chi connectivity index (χ0v) is 17.6. The van der Waals surface area contributed by atoms with Gasteiger partial charge in [-0.2, -0.15) is 4.98 Å². The zero-order chi connectivity index (χ0) is 20.3. The van der Waals surface area contributed by atoms with Crippen LogP contribution in [0.3, 0.4) is 0 Å². The highest BCUT2D eigenvalue weighted by molar-refractivity contribution is 5.79. The Labute approximate surface area is 178 Å². The van der Waals surface area contributed by atoms with Gasteiger partial charge in [0.15, 0.2) is 0 Å². The first-order valence-electron chi connectivity index (χ1n) is 11.4. The summed E-state index contributed by atoms with van der Waals surface area (Å²) in [5, 5.41) is 0. The van der Waals surface area contributed by atoms with E-state index in [9.17, 15) is 4.79 Å². The van der Waals surface area contributed by atoms with Crippen LogP contribution in [-0.2, 0) is 17.8 Å². The molecule has 30 heavy (non-hydrogen) atoms. The molecule has 5 rings (SSSR count). The summed E-state index contributed by atoms with van der Waals surface area (Å²) in [5.41, 5.74) is 2.00. The van der Waals surface area contributed by atoms with E-state index in [1.54, 1.807) is 0 Å². The number of amides is 1. The van der Waals surface area contributed by atoms with Crippen LogP contribution >= 0.6 is 0 Å². The molecule has 0 N–H and O–H groups in total. The Morgan fingerprint density at radius 2 is 1.70 bits per heavy atom. The van der Waals surface area contributed by atoms with Gasteiger partial charge in [0.1, 0.15) is 5.75 Å². The highest BCUT2D eigenvalue weighted by atomic mass is 16.5. The Bertz CT molecular complexity index is 890. The number of carbonyl (C=O) groups is 1. The quantitative estimate of drug-likeness (QED) is 0.756. The number of rotatable bonds is 4. The number of hydrogen-bond acceptors (Lipinski definition) is 5. The smallest absolute Gasteiger partial charge is 0.229 e. The first-order chi connectivity index (χ1) is 14.8. The maximum Gasteiger partial charge on any atom is 0.229 e. The predicted octanol–water partition coefficient (Wildman–Crippen LogP) is 4.33. The van der Waals surface area contributed by atoms with Gasteiger partial charge in [0.25, 0.3) is 0 Å². The average Bonchev–Trinajstić information content (AvgIpc) is 3.34. The van der Waals surface area contributed by atoms with Crippen molar-refractivity contribution >= 4 is 11.9 Å². The van der Waals surface area contributed by atoms with E-state index in [1.165, 1.54) is 32.1 Å². The van der Waals surface area contributed by atoms with Crippen LogP contribution in [0.1, 0.15) is 56.2 Å². The Balaban J connectivity index is 1.45. The number of fused-ring (bicyclic) bond motifs is 1. The molecule has 0 bridgehead atoms. The lowest BCUT2D eigenvalue weighted by Crippen LogP contribution is -2.40. The van der Waals surface area contributed by atoms with Crippen molar-refractivity contribution in [2.24, 2.45) is 5.92 Å². The van der Waals surface area contributed by atoms with Gasteiger partial charge in [0.05, 0.1) is 17.8 Å². The van der Waals surface area contributed by atoms with Gasteiger partial charge in [0.2, 0.25) is 17.7 Å². The Hall–Kier alpha value is -2.63. The minimum atomic E-state index is 0.193. The second-order valence-electron chi connectivity index (χ2n) is 8.71. The molecule has 1 saturated heterocycles. The Kier molecular flexibility index (Phi) is 5.56. The molecule has 6 heteroatoms. The molecule has 158 valence electrons. The van der Waals surface area contributed by atoms with Gasteiger partial charge in [-0.1, -0.05) is 31.0 Å².